The first-order chi connectivity index (χ1) is 9.24. The molecule has 0 aliphatic carbocycles. The van der Waals surface area contributed by atoms with Gasteiger partial charge in [0.15, 0.2) is 0 Å². The minimum absolute atomic E-state index is 0.0294. The lowest BCUT2D eigenvalue weighted by Crippen LogP contribution is -2.32. The van der Waals surface area contributed by atoms with Crippen LogP contribution in [0.1, 0.15) is 18.1 Å². The summed E-state index contributed by atoms with van der Waals surface area (Å²) in [7, 11) is 0. The molecule has 0 aliphatic rings. The van der Waals surface area contributed by atoms with Gasteiger partial charge in [0, 0.05) is 11.6 Å². The van der Waals surface area contributed by atoms with Gasteiger partial charge in [-0.05, 0) is 30.7 Å². The largest absolute Gasteiger partial charge is 0.459 e. The molecule has 1 N–H and O–H groups in total. The molecule has 0 saturated carbocycles. The van der Waals surface area contributed by atoms with E-state index in [9.17, 15) is 22.8 Å². The third kappa shape index (κ3) is 4.73. The molecule has 8 heteroatoms. The fourth-order valence-corrected chi connectivity index (χ4v) is 1.62. The standard InChI is InChI=1S/C12H11ClF3NO3/c1-2-20-11(19)10(18)17-6-7-3-8(12(14,15)16)5-9(13)4-7/h3-5H,2,6H2,1H3,(H,17,18). The lowest BCUT2D eigenvalue weighted by atomic mass is 10.1. The third-order valence-electron chi connectivity index (χ3n) is 2.20. The predicted molar refractivity (Wildman–Crippen MR) is 64.9 cm³/mol. The Bertz CT molecular complexity index is 517. The maximum absolute atomic E-state index is 12.6. The van der Waals surface area contributed by atoms with E-state index < -0.39 is 23.6 Å². The van der Waals surface area contributed by atoms with Crippen molar-refractivity contribution in [3.8, 4) is 0 Å². The Morgan fingerprint density at radius 3 is 2.50 bits per heavy atom. The molecule has 110 valence electrons. The topological polar surface area (TPSA) is 55.4 Å². The molecule has 0 unspecified atom stereocenters. The summed E-state index contributed by atoms with van der Waals surface area (Å²) in [4.78, 5) is 22.2. The van der Waals surface area contributed by atoms with Gasteiger partial charge in [0.05, 0.1) is 12.2 Å². The van der Waals surface area contributed by atoms with E-state index in [0.29, 0.717) is 0 Å². The summed E-state index contributed by atoms with van der Waals surface area (Å²) >= 11 is 5.58. The number of halogens is 4. The van der Waals surface area contributed by atoms with Gasteiger partial charge >= 0.3 is 18.1 Å². The second-order valence-corrected chi connectivity index (χ2v) is 4.19. The summed E-state index contributed by atoms with van der Waals surface area (Å²) in [5.41, 5.74) is -0.798. The lowest BCUT2D eigenvalue weighted by molar-refractivity contribution is -0.154. The number of nitrogens with one attached hydrogen (secondary N) is 1. The van der Waals surface area contributed by atoms with Crippen LogP contribution < -0.4 is 5.32 Å². The van der Waals surface area contributed by atoms with E-state index in [1.54, 1.807) is 0 Å². The Morgan fingerprint density at radius 2 is 1.95 bits per heavy atom. The number of carbonyl (C=O) groups excluding carboxylic acids is 2. The number of hydrogen-bond acceptors (Lipinski definition) is 3. The van der Waals surface area contributed by atoms with Gasteiger partial charge in [0.1, 0.15) is 0 Å². The molecule has 1 aromatic rings. The molecule has 4 nitrogen and oxygen atoms in total. The molecule has 0 saturated heterocycles. The van der Waals surface area contributed by atoms with Crippen LogP contribution in [0.3, 0.4) is 0 Å². The number of carbonyl (C=O) groups is 2. The molecule has 1 rings (SSSR count). The summed E-state index contributed by atoms with van der Waals surface area (Å²) < 4.78 is 42.1. The molecule has 0 aliphatic heterocycles. The van der Waals surface area contributed by atoms with Gasteiger partial charge in [-0.1, -0.05) is 11.6 Å². The second kappa shape index (κ2) is 6.60. The first-order valence-electron chi connectivity index (χ1n) is 5.55. The monoisotopic (exact) mass is 309 g/mol. The van der Waals surface area contributed by atoms with Gasteiger partial charge in [-0.3, -0.25) is 4.79 Å². The van der Waals surface area contributed by atoms with Crippen molar-refractivity contribution in [1.82, 2.24) is 5.32 Å². The first-order valence-corrected chi connectivity index (χ1v) is 5.93. The van der Waals surface area contributed by atoms with Crippen LogP contribution >= 0.6 is 11.6 Å². The maximum atomic E-state index is 12.6. The van der Waals surface area contributed by atoms with Gasteiger partial charge < -0.3 is 10.1 Å². The van der Waals surface area contributed by atoms with Crippen molar-refractivity contribution in [3.63, 3.8) is 0 Å². The van der Waals surface area contributed by atoms with Crippen LogP contribution in [0.4, 0.5) is 13.2 Å². The SMILES string of the molecule is CCOC(=O)C(=O)NCc1cc(Cl)cc(C(F)(F)F)c1. The summed E-state index contributed by atoms with van der Waals surface area (Å²) in [6.07, 6.45) is -4.54. The van der Waals surface area contributed by atoms with Crippen LogP contribution in [-0.4, -0.2) is 18.5 Å². The van der Waals surface area contributed by atoms with E-state index in [-0.39, 0.29) is 23.7 Å². The van der Waals surface area contributed by atoms with Crippen LogP contribution in [0.5, 0.6) is 0 Å². The predicted octanol–water partition coefficient (Wildman–Crippen LogP) is 2.54. The molecule has 0 aromatic heterocycles. The van der Waals surface area contributed by atoms with Gasteiger partial charge in [-0.15, -0.1) is 0 Å². The fraction of sp³-hybridized carbons (Fsp3) is 0.333. The van der Waals surface area contributed by atoms with Crippen LogP contribution in [-0.2, 0) is 27.0 Å². The van der Waals surface area contributed by atoms with Gasteiger partial charge in [0.25, 0.3) is 0 Å². The fourth-order valence-electron chi connectivity index (χ4n) is 1.37. The molecule has 0 bridgehead atoms. The van der Waals surface area contributed by atoms with E-state index in [1.807, 2.05) is 0 Å². The van der Waals surface area contributed by atoms with Crippen molar-refractivity contribution in [2.24, 2.45) is 0 Å². The maximum Gasteiger partial charge on any atom is 0.416 e. The Labute approximate surface area is 117 Å². The Hall–Kier alpha value is -1.76. The van der Waals surface area contributed by atoms with Crippen molar-refractivity contribution in [2.75, 3.05) is 6.61 Å². The quantitative estimate of drug-likeness (QED) is 0.689. The van der Waals surface area contributed by atoms with E-state index in [4.69, 9.17) is 11.6 Å². The zero-order valence-corrected chi connectivity index (χ0v) is 11.1. The van der Waals surface area contributed by atoms with Crippen molar-refractivity contribution in [1.29, 1.82) is 0 Å². The number of benzene rings is 1. The summed E-state index contributed by atoms with van der Waals surface area (Å²) in [5.74, 6) is -2.12. The highest BCUT2D eigenvalue weighted by Gasteiger charge is 2.31. The Balaban J connectivity index is 2.76. The van der Waals surface area contributed by atoms with Crippen LogP contribution in [0.25, 0.3) is 0 Å². The summed E-state index contributed by atoms with van der Waals surface area (Å²) in [6.45, 7) is 1.29. The van der Waals surface area contributed by atoms with Crippen molar-refractivity contribution < 1.29 is 27.5 Å². The van der Waals surface area contributed by atoms with E-state index >= 15 is 0 Å². The third-order valence-corrected chi connectivity index (χ3v) is 2.42. The lowest BCUT2D eigenvalue weighted by Gasteiger charge is -2.10. The molecular weight excluding hydrogens is 299 g/mol. The Kier molecular flexibility index (Phi) is 5.38. The second-order valence-electron chi connectivity index (χ2n) is 3.75. The first kappa shape index (κ1) is 16.3. The minimum atomic E-state index is -4.54. The number of amides is 1. The molecule has 0 heterocycles. The van der Waals surface area contributed by atoms with Crippen LogP contribution in [0, 0.1) is 0 Å². The zero-order valence-electron chi connectivity index (χ0n) is 10.4. The van der Waals surface area contributed by atoms with Gasteiger partial charge in [-0.25, -0.2) is 4.79 Å². The normalized spacial score (nSPS) is 11.1. The average Bonchev–Trinajstić information content (AvgIpc) is 2.34. The van der Waals surface area contributed by atoms with E-state index in [0.717, 1.165) is 12.1 Å². The number of esters is 1. The molecule has 1 amide bonds. The van der Waals surface area contributed by atoms with Crippen molar-refractivity contribution in [2.45, 2.75) is 19.6 Å². The van der Waals surface area contributed by atoms with E-state index in [1.165, 1.54) is 13.0 Å². The smallest absolute Gasteiger partial charge is 0.416 e. The average molecular weight is 310 g/mol. The Morgan fingerprint density at radius 1 is 1.30 bits per heavy atom. The summed E-state index contributed by atoms with van der Waals surface area (Å²) in [6, 6.07) is 2.89. The van der Waals surface area contributed by atoms with Crippen LogP contribution in [0.15, 0.2) is 18.2 Å². The molecule has 20 heavy (non-hydrogen) atoms. The van der Waals surface area contributed by atoms with Crippen molar-refractivity contribution in [3.05, 3.63) is 34.3 Å². The minimum Gasteiger partial charge on any atom is -0.459 e. The zero-order chi connectivity index (χ0) is 15.3. The highest BCUT2D eigenvalue weighted by atomic mass is 35.5. The highest BCUT2D eigenvalue weighted by Crippen LogP contribution is 2.31. The molecule has 0 atom stereocenters. The molecule has 1 aromatic carbocycles. The molecule has 0 fully saturated rings. The van der Waals surface area contributed by atoms with Gasteiger partial charge in [-0.2, -0.15) is 13.2 Å². The summed E-state index contributed by atoms with van der Waals surface area (Å²) in [5, 5.41) is 2.04. The van der Waals surface area contributed by atoms with E-state index in [2.05, 4.69) is 10.1 Å². The van der Waals surface area contributed by atoms with Crippen molar-refractivity contribution >= 4 is 23.5 Å². The number of ether oxygens (including phenoxy) is 1. The highest BCUT2D eigenvalue weighted by molar-refractivity contribution is 6.32. The number of alkyl halides is 3. The number of hydrogen-bond donors (Lipinski definition) is 1. The molecule has 0 radical (unpaired) electrons. The molecule has 0 spiro atoms. The van der Waals surface area contributed by atoms with Crippen LogP contribution in [0.2, 0.25) is 5.02 Å². The number of rotatable bonds is 3. The molecular formula is C12H11ClF3NO3. The van der Waals surface area contributed by atoms with Gasteiger partial charge in [0.2, 0.25) is 0 Å².